The first-order valence-corrected chi connectivity index (χ1v) is 6.12. The molecule has 1 N–H and O–H groups in total. The molecule has 0 aliphatic rings. The van der Waals surface area contributed by atoms with Gasteiger partial charge in [-0.25, -0.2) is 8.42 Å². The van der Waals surface area contributed by atoms with Gasteiger partial charge in [0.2, 0.25) is 0 Å². The van der Waals surface area contributed by atoms with Crippen LogP contribution in [0.2, 0.25) is 0 Å². The molecule has 12 heavy (non-hydrogen) atoms. The highest BCUT2D eigenvalue weighted by Gasteiger charge is 2.17. The molecule has 0 aromatic rings. The molecule has 0 amide bonds. The van der Waals surface area contributed by atoms with Gasteiger partial charge in [-0.3, -0.25) is 0 Å². The smallest absolute Gasteiger partial charge is 0.152 e. The largest absolute Gasteiger partial charge is 0.320 e. The Hall–Kier alpha value is -0.0900. The van der Waals surface area contributed by atoms with Gasteiger partial charge in [-0.15, -0.1) is 0 Å². The molecule has 3 nitrogen and oxygen atoms in total. The Labute approximate surface area is 75.5 Å². The molecule has 0 fully saturated rings. The third-order valence-corrected chi connectivity index (χ3v) is 4.46. The minimum atomic E-state index is -2.82. The van der Waals surface area contributed by atoms with E-state index in [1.165, 1.54) is 0 Å². The van der Waals surface area contributed by atoms with Gasteiger partial charge in [0.25, 0.3) is 0 Å². The molecule has 0 spiro atoms. The Morgan fingerprint density at radius 3 is 2.42 bits per heavy atom. The summed E-state index contributed by atoms with van der Waals surface area (Å²) in [6.07, 6.45) is 1.42. The molecular weight excluding hydrogens is 174 g/mol. The summed E-state index contributed by atoms with van der Waals surface area (Å²) >= 11 is 0. The highest BCUT2D eigenvalue weighted by Crippen LogP contribution is 2.06. The normalized spacial score (nSPS) is 14.6. The van der Waals surface area contributed by atoms with Crippen LogP contribution in [0.15, 0.2) is 0 Å². The maximum absolute atomic E-state index is 11.4. The third-order valence-electron chi connectivity index (χ3n) is 2.04. The van der Waals surface area contributed by atoms with Crippen molar-refractivity contribution in [2.45, 2.75) is 31.9 Å². The molecule has 0 aromatic heterocycles. The van der Waals surface area contributed by atoms with E-state index in [1.807, 2.05) is 14.0 Å². The SMILES string of the molecule is CCC(C)S(=O)(=O)CCCNC. The topological polar surface area (TPSA) is 46.2 Å². The number of sulfone groups is 1. The molecule has 1 unspecified atom stereocenters. The summed E-state index contributed by atoms with van der Waals surface area (Å²) < 4.78 is 22.8. The van der Waals surface area contributed by atoms with E-state index in [-0.39, 0.29) is 5.25 Å². The average Bonchev–Trinajstić information content (AvgIpc) is 2.03. The number of nitrogens with one attached hydrogen (secondary N) is 1. The highest BCUT2D eigenvalue weighted by atomic mass is 32.2. The van der Waals surface area contributed by atoms with Crippen molar-refractivity contribution in [2.75, 3.05) is 19.3 Å². The van der Waals surface area contributed by atoms with Crippen molar-refractivity contribution >= 4 is 9.84 Å². The molecule has 0 aliphatic carbocycles. The van der Waals surface area contributed by atoms with Crippen molar-refractivity contribution in [3.63, 3.8) is 0 Å². The van der Waals surface area contributed by atoms with E-state index in [0.717, 1.165) is 6.54 Å². The van der Waals surface area contributed by atoms with Gasteiger partial charge in [-0.2, -0.15) is 0 Å². The fraction of sp³-hybridized carbons (Fsp3) is 1.00. The van der Waals surface area contributed by atoms with Crippen LogP contribution in [0, 0.1) is 0 Å². The Bertz CT molecular complexity index is 199. The summed E-state index contributed by atoms with van der Waals surface area (Å²) in [5.41, 5.74) is 0. The first-order valence-electron chi connectivity index (χ1n) is 4.40. The van der Waals surface area contributed by atoms with Crippen molar-refractivity contribution in [3.8, 4) is 0 Å². The van der Waals surface area contributed by atoms with E-state index < -0.39 is 9.84 Å². The van der Waals surface area contributed by atoms with Gasteiger partial charge < -0.3 is 5.32 Å². The first kappa shape index (κ1) is 11.9. The minimum absolute atomic E-state index is 0.186. The molecule has 0 saturated carbocycles. The van der Waals surface area contributed by atoms with Crippen LogP contribution in [0.4, 0.5) is 0 Å². The van der Waals surface area contributed by atoms with Crippen molar-refractivity contribution in [1.82, 2.24) is 5.32 Å². The van der Waals surface area contributed by atoms with E-state index in [1.54, 1.807) is 6.92 Å². The minimum Gasteiger partial charge on any atom is -0.320 e. The Morgan fingerprint density at radius 1 is 1.42 bits per heavy atom. The molecule has 1 atom stereocenters. The molecule has 74 valence electrons. The quantitative estimate of drug-likeness (QED) is 0.635. The van der Waals surface area contributed by atoms with Gasteiger partial charge in [-0.05, 0) is 33.4 Å². The second-order valence-electron chi connectivity index (χ2n) is 3.04. The maximum atomic E-state index is 11.4. The molecule has 0 aliphatic heterocycles. The molecule has 0 aromatic carbocycles. The molecule has 0 radical (unpaired) electrons. The van der Waals surface area contributed by atoms with E-state index in [9.17, 15) is 8.42 Å². The number of hydrogen-bond donors (Lipinski definition) is 1. The second-order valence-corrected chi connectivity index (χ2v) is 5.58. The van der Waals surface area contributed by atoms with E-state index in [0.29, 0.717) is 18.6 Å². The molecule has 4 heteroatoms. The van der Waals surface area contributed by atoms with Crippen LogP contribution < -0.4 is 5.32 Å². The lowest BCUT2D eigenvalue weighted by Crippen LogP contribution is -2.22. The predicted octanol–water partition coefficient (Wildman–Crippen LogP) is 0.809. The molecule has 0 bridgehead atoms. The monoisotopic (exact) mass is 193 g/mol. The lowest BCUT2D eigenvalue weighted by Gasteiger charge is -2.09. The Balaban J connectivity index is 3.88. The average molecular weight is 193 g/mol. The van der Waals surface area contributed by atoms with Crippen LogP contribution in [0.25, 0.3) is 0 Å². The second kappa shape index (κ2) is 5.54. The van der Waals surface area contributed by atoms with Gasteiger partial charge in [0.15, 0.2) is 9.84 Å². The lowest BCUT2D eigenvalue weighted by molar-refractivity contribution is 0.577. The number of rotatable bonds is 6. The third kappa shape index (κ3) is 4.07. The molecule has 0 rings (SSSR count). The van der Waals surface area contributed by atoms with E-state index in [2.05, 4.69) is 5.32 Å². The summed E-state index contributed by atoms with van der Waals surface area (Å²) in [4.78, 5) is 0. The fourth-order valence-electron chi connectivity index (χ4n) is 0.905. The highest BCUT2D eigenvalue weighted by molar-refractivity contribution is 7.91. The zero-order valence-electron chi connectivity index (χ0n) is 8.13. The zero-order valence-corrected chi connectivity index (χ0v) is 8.95. The fourth-order valence-corrected chi connectivity index (χ4v) is 2.36. The summed E-state index contributed by atoms with van der Waals surface area (Å²) in [6, 6.07) is 0. The molecular formula is C8H19NO2S. The summed E-state index contributed by atoms with van der Waals surface area (Å²) in [5.74, 6) is 0.308. The van der Waals surface area contributed by atoms with Crippen LogP contribution in [0.5, 0.6) is 0 Å². The van der Waals surface area contributed by atoms with E-state index >= 15 is 0 Å². The number of hydrogen-bond acceptors (Lipinski definition) is 3. The summed E-state index contributed by atoms with van der Waals surface area (Å²) in [6.45, 7) is 4.45. The van der Waals surface area contributed by atoms with Gasteiger partial charge in [0.1, 0.15) is 0 Å². The van der Waals surface area contributed by atoms with Gasteiger partial charge in [0.05, 0.1) is 11.0 Å². The van der Waals surface area contributed by atoms with Gasteiger partial charge in [-0.1, -0.05) is 6.92 Å². The van der Waals surface area contributed by atoms with Crippen molar-refractivity contribution in [1.29, 1.82) is 0 Å². The summed E-state index contributed by atoms with van der Waals surface area (Å²) in [5, 5.41) is 2.75. The molecule has 0 saturated heterocycles. The predicted molar refractivity (Wildman–Crippen MR) is 52.1 cm³/mol. The van der Waals surface area contributed by atoms with Crippen LogP contribution >= 0.6 is 0 Å². The Kier molecular flexibility index (Phi) is 5.50. The first-order chi connectivity index (χ1) is 5.54. The van der Waals surface area contributed by atoms with Crippen LogP contribution in [-0.2, 0) is 9.84 Å². The standard InChI is InChI=1S/C8H19NO2S/c1-4-8(2)12(10,11)7-5-6-9-3/h8-9H,4-7H2,1-3H3. The summed E-state index contributed by atoms with van der Waals surface area (Å²) in [7, 11) is -0.993. The molecule has 0 heterocycles. The van der Waals surface area contributed by atoms with Crippen molar-refractivity contribution in [3.05, 3.63) is 0 Å². The van der Waals surface area contributed by atoms with E-state index in [4.69, 9.17) is 0 Å². The van der Waals surface area contributed by atoms with Crippen molar-refractivity contribution in [2.24, 2.45) is 0 Å². The van der Waals surface area contributed by atoms with Gasteiger partial charge in [0, 0.05) is 0 Å². The lowest BCUT2D eigenvalue weighted by atomic mass is 10.4. The van der Waals surface area contributed by atoms with Gasteiger partial charge >= 0.3 is 0 Å². The maximum Gasteiger partial charge on any atom is 0.152 e. The van der Waals surface area contributed by atoms with Crippen molar-refractivity contribution < 1.29 is 8.42 Å². The zero-order chi connectivity index (χ0) is 9.61. The van der Waals surface area contributed by atoms with Crippen LogP contribution in [0.1, 0.15) is 26.7 Å². The Morgan fingerprint density at radius 2 is 2.00 bits per heavy atom. The van der Waals surface area contributed by atoms with Crippen LogP contribution in [-0.4, -0.2) is 33.0 Å². The van der Waals surface area contributed by atoms with Crippen LogP contribution in [0.3, 0.4) is 0 Å².